The Balaban J connectivity index is 0.00000341. The molecule has 1 heterocycles. The minimum atomic E-state index is -1.07. The van der Waals surface area contributed by atoms with Gasteiger partial charge in [0.1, 0.15) is 0 Å². The largest absolute Gasteiger partial charge is 1.00 e. The van der Waals surface area contributed by atoms with E-state index < -0.39 is 58.7 Å². The number of carbonyl (C=O) groups excluding carboxylic acids is 1. The maximum atomic E-state index is 13.3. The molecule has 3 aromatic rings. The maximum absolute atomic E-state index is 13.3. The van der Waals surface area contributed by atoms with E-state index in [1.807, 2.05) is 0 Å². The molecule has 0 atom stereocenters. The van der Waals surface area contributed by atoms with E-state index >= 15 is 0 Å². The first-order chi connectivity index (χ1) is 14.0. The SMILES string of the molecule is [2H]c1c([2H])c([2H])c(N(CC)C(=O)c2c([O-])c3c(Cl)cccc3n(C)c2=O)c([2H])c1[2H].[Na+]. The Bertz CT molecular complexity index is 1250. The molecule has 128 valence electrons. The topological polar surface area (TPSA) is 65.4 Å². The van der Waals surface area contributed by atoms with E-state index in [1.54, 1.807) is 6.07 Å². The van der Waals surface area contributed by atoms with Crippen molar-refractivity contribution in [1.29, 1.82) is 0 Å². The van der Waals surface area contributed by atoms with Crippen LogP contribution < -0.4 is 45.1 Å². The zero-order valence-corrected chi connectivity index (χ0v) is 17.2. The van der Waals surface area contributed by atoms with Crippen LogP contribution in [0.3, 0.4) is 0 Å². The van der Waals surface area contributed by atoms with Gasteiger partial charge in [-0.15, -0.1) is 0 Å². The third kappa shape index (κ3) is 3.40. The summed E-state index contributed by atoms with van der Waals surface area (Å²) in [4.78, 5) is 26.9. The number of aryl methyl sites for hydroxylation is 1. The maximum Gasteiger partial charge on any atom is 1.00 e. The molecule has 0 aliphatic heterocycles. The molecule has 0 unspecified atom stereocenters. The molecular weight excluding hydrogens is 363 g/mol. The Hall–Kier alpha value is -1.79. The summed E-state index contributed by atoms with van der Waals surface area (Å²) in [5.74, 6) is -1.95. The van der Waals surface area contributed by atoms with Crippen molar-refractivity contribution in [3.8, 4) is 5.75 Å². The molecule has 1 aromatic heterocycles. The van der Waals surface area contributed by atoms with Crippen LogP contribution >= 0.6 is 11.6 Å². The number of para-hydroxylation sites is 1. The molecule has 0 radical (unpaired) electrons. The van der Waals surface area contributed by atoms with Gasteiger partial charge in [-0.2, -0.15) is 0 Å². The summed E-state index contributed by atoms with van der Waals surface area (Å²) in [5.41, 5.74) is -1.74. The van der Waals surface area contributed by atoms with Crippen LogP contribution in [0.4, 0.5) is 5.69 Å². The molecule has 0 N–H and O–H groups in total. The van der Waals surface area contributed by atoms with Crippen molar-refractivity contribution in [2.24, 2.45) is 7.05 Å². The predicted molar refractivity (Wildman–Crippen MR) is 97.4 cm³/mol. The predicted octanol–water partition coefficient (Wildman–Crippen LogP) is -0.0638. The Morgan fingerprint density at radius 2 is 1.96 bits per heavy atom. The average Bonchev–Trinajstić information content (AvgIpc) is 2.72. The fraction of sp³-hybridized carbons (Fsp3) is 0.158. The molecule has 0 bridgehead atoms. The van der Waals surface area contributed by atoms with E-state index in [9.17, 15) is 14.7 Å². The first-order valence-corrected chi connectivity index (χ1v) is 7.79. The van der Waals surface area contributed by atoms with Gasteiger partial charge in [0.25, 0.3) is 11.5 Å². The van der Waals surface area contributed by atoms with E-state index in [0.29, 0.717) is 0 Å². The minimum Gasteiger partial charge on any atom is -0.871 e. The fourth-order valence-electron chi connectivity index (χ4n) is 2.62. The molecule has 3 rings (SSSR count). The Morgan fingerprint density at radius 1 is 1.31 bits per heavy atom. The van der Waals surface area contributed by atoms with Crippen LogP contribution in [0.25, 0.3) is 10.9 Å². The Labute approximate surface area is 185 Å². The Kier molecular flexibility index (Phi) is 4.54. The number of nitrogens with zero attached hydrogens (tertiary/aromatic N) is 2. The number of fused-ring (bicyclic) bond motifs is 1. The molecule has 0 aliphatic rings. The molecule has 5 nitrogen and oxygen atoms in total. The molecule has 7 heteroatoms. The van der Waals surface area contributed by atoms with Gasteiger partial charge in [0.2, 0.25) is 0 Å². The summed E-state index contributed by atoms with van der Waals surface area (Å²) in [6.07, 6.45) is 0. The zero-order chi connectivity index (χ0) is 22.5. The van der Waals surface area contributed by atoms with Gasteiger partial charge in [-0.3, -0.25) is 9.59 Å². The van der Waals surface area contributed by atoms with Crippen LogP contribution in [0.15, 0.2) is 53.2 Å². The molecule has 0 fully saturated rings. The van der Waals surface area contributed by atoms with E-state index in [1.165, 1.54) is 26.1 Å². The first kappa shape index (κ1) is 14.3. The number of pyridine rings is 1. The van der Waals surface area contributed by atoms with Crippen molar-refractivity contribution in [2.45, 2.75) is 6.92 Å². The number of benzene rings is 2. The van der Waals surface area contributed by atoms with E-state index in [-0.39, 0.29) is 52.0 Å². The number of hydrogen-bond acceptors (Lipinski definition) is 3. The van der Waals surface area contributed by atoms with Crippen LogP contribution in [-0.2, 0) is 7.05 Å². The third-order valence-corrected chi connectivity index (χ3v) is 4.17. The van der Waals surface area contributed by atoms with Crippen molar-refractivity contribution < 1.29 is 46.3 Å². The van der Waals surface area contributed by atoms with Crippen LogP contribution in [-0.4, -0.2) is 17.0 Å². The second-order valence-corrected chi connectivity index (χ2v) is 5.63. The van der Waals surface area contributed by atoms with E-state index in [0.717, 1.165) is 9.47 Å². The number of carbonyl (C=O) groups is 1. The molecule has 0 aliphatic carbocycles. The minimum absolute atomic E-state index is 0. The van der Waals surface area contributed by atoms with Crippen LogP contribution in [0.1, 0.15) is 24.1 Å². The molecular formula is C19H16ClN2NaO3. The normalized spacial score (nSPS) is 13.1. The number of hydrogen-bond donors (Lipinski definition) is 0. The van der Waals surface area contributed by atoms with Gasteiger partial charge < -0.3 is 14.6 Å². The summed E-state index contributed by atoms with van der Waals surface area (Å²) in [6.45, 7) is 1.36. The van der Waals surface area contributed by atoms with Crippen molar-refractivity contribution in [3.63, 3.8) is 0 Å². The Morgan fingerprint density at radius 3 is 2.58 bits per heavy atom. The van der Waals surface area contributed by atoms with Gasteiger partial charge in [0.15, 0.2) is 0 Å². The van der Waals surface area contributed by atoms with Gasteiger partial charge in [-0.25, -0.2) is 0 Å². The summed E-state index contributed by atoms with van der Waals surface area (Å²) in [6, 6.07) is 1.44. The second-order valence-electron chi connectivity index (χ2n) is 5.23. The number of halogens is 1. The van der Waals surface area contributed by atoms with Gasteiger partial charge in [-0.05, 0) is 31.1 Å². The number of amides is 1. The third-order valence-electron chi connectivity index (χ3n) is 3.86. The van der Waals surface area contributed by atoms with Crippen molar-refractivity contribution in [1.82, 2.24) is 4.57 Å². The molecule has 0 saturated carbocycles. The summed E-state index contributed by atoms with van der Waals surface area (Å²) < 4.78 is 40.6. The molecule has 1 amide bonds. The van der Waals surface area contributed by atoms with Crippen molar-refractivity contribution in [3.05, 3.63) is 69.4 Å². The molecule has 0 saturated heterocycles. The first-order valence-electron chi connectivity index (χ1n) is 9.91. The summed E-state index contributed by atoms with van der Waals surface area (Å²) >= 11 is 6.13. The van der Waals surface area contributed by atoms with Crippen molar-refractivity contribution in [2.75, 3.05) is 11.4 Å². The van der Waals surface area contributed by atoms with E-state index in [2.05, 4.69) is 0 Å². The molecule has 2 aromatic carbocycles. The second kappa shape index (κ2) is 8.27. The zero-order valence-electron chi connectivity index (χ0n) is 19.4. The van der Waals surface area contributed by atoms with Gasteiger partial charge in [-0.1, -0.05) is 41.5 Å². The quantitative estimate of drug-likeness (QED) is 0.595. The smallest absolute Gasteiger partial charge is 0.871 e. The van der Waals surface area contributed by atoms with Gasteiger partial charge in [0, 0.05) is 29.7 Å². The summed E-state index contributed by atoms with van der Waals surface area (Å²) in [7, 11) is 1.39. The monoisotopic (exact) mass is 383 g/mol. The van der Waals surface area contributed by atoms with E-state index in [4.69, 9.17) is 18.5 Å². The van der Waals surface area contributed by atoms with Crippen LogP contribution in [0.5, 0.6) is 5.75 Å². The number of rotatable bonds is 3. The number of anilines is 1. The summed E-state index contributed by atoms with van der Waals surface area (Å²) in [5, 5.41) is 13.1. The molecule has 26 heavy (non-hydrogen) atoms. The average molecular weight is 384 g/mol. The fourth-order valence-corrected chi connectivity index (χ4v) is 2.88. The van der Waals surface area contributed by atoms with Gasteiger partial charge >= 0.3 is 29.6 Å². The number of aromatic nitrogens is 1. The van der Waals surface area contributed by atoms with Gasteiger partial charge in [0.05, 0.1) is 17.9 Å². The van der Waals surface area contributed by atoms with Crippen LogP contribution in [0, 0.1) is 0 Å². The van der Waals surface area contributed by atoms with Crippen molar-refractivity contribution >= 4 is 34.1 Å². The standard InChI is InChI=1S/C19H17ClN2O3.Na/c1-3-22(12-8-5-4-6-9-12)19(25)16-17(23)15-13(20)10-7-11-14(15)21(2)18(16)24;/h4-11,23H,3H2,1-2H3;/q;+1/p-1/i4D,5D,6D,8D,9D;. The van der Waals surface area contributed by atoms with Crippen LogP contribution in [0.2, 0.25) is 5.02 Å². The molecule has 0 spiro atoms.